The Bertz CT molecular complexity index is 1110. The van der Waals surface area contributed by atoms with Gasteiger partial charge in [-0.25, -0.2) is 17.2 Å². The highest BCUT2D eigenvalue weighted by molar-refractivity contribution is 7.92. The molecule has 0 bridgehead atoms. The maximum atomic E-state index is 13.7. The monoisotopic (exact) mass is 501 g/mol. The molecule has 1 N–H and O–H groups in total. The van der Waals surface area contributed by atoms with Crippen LogP contribution < -0.4 is 9.62 Å². The summed E-state index contributed by atoms with van der Waals surface area (Å²) in [7, 11) is -4.05. The second kappa shape index (κ2) is 11.4. The van der Waals surface area contributed by atoms with Gasteiger partial charge >= 0.3 is 0 Å². The Hall–Kier alpha value is -2.72. The molecule has 0 heterocycles. The average Bonchev–Trinajstić information content (AvgIpc) is 2.75. The molecule has 0 aliphatic carbocycles. The van der Waals surface area contributed by atoms with Crippen molar-refractivity contribution in [2.75, 3.05) is 23.7 Å². The Kier molecular flexibility index (Phi) is 9.18. The van der Waals surface area contributed by atoms with Crippen molar-refractivity contribution in [1.82, 2.24) is 10.2 Å². The average molecular weight is 502 g/mol. The molecule has 1 atom stereocenters. The molecule has 2 aromatic carbocycles. The van der Waals surface area contributed by atoms with Crippen LogP contribution in [-0.2, 0) is 26.2 Å². The summed E-state index contributed by atoms with van der Waals surface area (Å²) in [5.74, 6) is -3.55. The number of carbonyl (C=O) groups excluding carboxylic acids is 2. The fourth-order valence-electron chi connectivity index (χ4n) is 3.04. The van der Waals surface area contributed by atoms with Gasteiger partial charge in [-0.15, -0.1) is 0 Å². The third-order valence-corrected chi connectivity index (χ3v) is 6.39. The predicted octanol–water partition coefficient (Wildman–Crippen LogP) is 3.33. The molecule has 33 heavy (non-hydrogen) atoms. The Morgan fingerprint density at radius 1 is 1.12 bits per heavy atom. The van der Waals surface area contributed by atoms with Gasteiger partial charge in [0.1, 0.15) is 12.6 Å². The van der Waals surface area contributed by atoms with Gasteiger partial charge in [-0.2, -0.15) is 0 Å². The van der Waals surface area contributed by atoms with Crippen LogP contribution in [0.2, 0.25) is 5.02 Å². The SMILES string of the molecule is CCCNC(=O)[C@H](C)N(Cc1ccccc1Cl)C(=O)CN(c1ccc(F)c(F)c1)S(C)(=O)=O. The first-order chi connectivity index (χ1) is 15.5. The van der Waals surface area contributed by atoms with Crippen LogP contribution in [0.25, 0.3) is 0 Å². The van der Waals surface area contributed by atoms with Crippen LogP contribution >= 0.6 is 11.6 Å². The second-order valence-electron chi connectivity index (χ2n) is 7.45. The minimum Gasteiger partial charge on any atom is -0.354 e. The van der Waals surface area contributed by atoms with Crippen LogP contribution in [0.3, 0.4) is 0 Å². The molecule has 0 fully saturated rings. The van der Waals surface area contributed by atoms with Gasteiger partial charge in [-0.1, -0.05) is 36.7 Å². The molecular weight excluding hydrogens is 476 g/mol. The quantitative estimate of drug-likeness (QED) is 0.541. The van der Waals surface area contributed by atoms with Crippen molar-refractivity contribution < 1.29 is 26.8 Å². The fourth-order valence-corrected chi connectivity index (χ4v) is 4.08. The highest BCUT2D eigenvalue weighted by Crippen LogP contribution is 2.23. The lowest BCUT2D eigenvalue weighted by molar-refractivity contribution is -0.139. The molecule has 11 heteroatoms. The molecule has 0 unspecified atom stereocenters. The number of anilines is 1. The zero-order valence-electron chi connectivity index (χ0n) is 18.5. The van der Waals surface area contributed by atoms with E-state index in [2.05, 4.69) is 5.32 Å². The van der Waals surface area contributed by atoms with E-state index in [9.17, 15) is 26.8 Å². The van der Waals surface area contributed by atoms with Gasteiger partial charge in [-0.3, -0.25) is 13.9 Å². The zero-order chi connectivity index (χ0) is 24.8. The van der Waals surface area contributed by atoms with E-state index in [1.807, 2.05) is 6.92 Å². The molecule has 0 spiro atoms. The molecule has 7 nitrogen and oxygen atoms in total. The van der Waals surface area contributed by atoms with Crippen LogP contribution in [0.5, 0.6) is 0 Å². The molecule has 2 amide bonds. The summed E-state index contributed by atoms with van der Waals surface area (Å²) < 4.78 is 52.5. The molecule has 2 aromatic rings. The molecule has 0 aliphatic rings. The van der Waals surface area contributed by atoms with Crippen molar-refractivity contribution in [1.29, 1.82) is 0 Å². The maximum absolute atomic E-state index is 13.7. The Labute approximate surface area is 197 Å². The van der Waals surface area contributed by atoms with Gasteiger partial charge in [0, 0.05) is 24.2 Å². The van der Waals surface area contributed by atoms with E-state index in [1.54, 1.807) is 24.3 Å². The Morgan fingerprint density at radius 3 is 2.36 bits per heavy atom. The number of nitrogens with one attached hydrogen (secondary N) is 1. The van der Waals surface area contributed by atoms with E-state index in [4.69, 9.17) is 11.6 Å². The molecule has 0 radical (unpaired) electrons. The highest BCUT2D eigenvalue weighted by Gasteiger charge is 2.30. The van der Waals surface area contributed by atoms with E-state index in [-0.39, 0.29) is 12.2 Å². The van der Waals surface area contributed by atoms with Crippen LogP contribution in [0.15, 0.2) is 42.5 Å². The lowest BCUT2D eigenvalue weighted by Gasteiger charge is -2.31. The third-order valence-electron chi connectivity index (χ3n) is 4.89. The number of benzene rings is 2. The highest BCUT2D eigenvalue weighted by atomic mass is 35.5. The lowest BCUT2D eigenvalue weighted by Crippen LogP contribution is -2.51. The molecule has 0 saturated heterocycles. The Morgan fingerprint density at radius 2 is 1.79 bits per heavy atom. The molecule has 0 aromatic heterocycles. The summed E-state index contributed by atoms with van der Waals surface area (Å²) in [5.41, 5.74) is 0.340. The second-order valence-corrected chi connectivity index (χ2v) is 9.76. The number of rotatable bonds is 10. The maximum Gasteiger partial charge on any atom is 0.244 e. The molecule has 2 rings (SSSR count). The minimum absolute atomic E-state index is 0.0609. The first-order valence-corrected chi connectivity index (χ1v) is 12.4. The van der Waals surface area contributed by atoms with Crippen LogP contribution in [0.4, 0.5) is 14.5 Å². The number of halogens is 3. The fraction of sp³-hybridized carbons (Fsp3) is 0.364. The van der Waals surface area contributed by atoms with Gasteiger partial charge in [0.05, 0.1) is 11.9 Å². The van der Waals surface area contributed by atoms with Crippen LogP contribution in [0, 0.1) is 11.6 Å². The lowest BCUT2D eigenvalue weighted by atomic mass is 10.1. The number of carbonyl (C=O) groups is 2. The van der Waals surface area contributed by atoms with Crippen LogP contribution in [0.1, 0.15) is 25.8 Å². The van der Waals surface area contributed by atoms with E-state index >= 15 is 0 Å². The van der Waals surface area contributed by atoms with Crippen molar-refractivity contribution >= 4 is 39.1 Å². The van der Waals surface area contributed by atoms with E-state index in [1.165, 1.54) is 11.8 Å². The van der Waals surface area contributed by atoms with Crippen molar-refractivity contribution in [3.05, 3.63) is 64.7 Å². The van der Waals surface area contributed by atoms with Crippen molar-refractivity contribution in [2.45, 2.75) is 32.9 Å². The molecule has 180 valence electrons. The van der Waals surface area contributed by atoms with Crippen molar-refractivity contribution in [3.8, 4) is 0 Å². The summed E-state index contributed by atoms with van der Waals surface area (Å²) in [5, 5.41) is 3.08. The van der Waals surface area contributed by atoms with Crippen molar-refractivity contribution in [3.63, 3.8) is 0 Å². The number of hydrogen-bond donors (Lipinski definition) is 1. The van der Waals surface area contributed by atoms with E-state index in [0.717, 1.165) is 18.4 Å². The number of sulfonamides is 1. The summed E-state index contributed by atoms with van der Waals surface area (Å²) in [6.45, 7) is 3.02. The first-order valence-electron chi connectivity index (χ1n) is 10.2. The van der Waals surface area contributed by atoms with Gasteiger partial charge in [-0.05, 0) is 37.1 Å². The van der Waals surface area contributed by atoms with Crippen LogP contribution in [-0.4, -0.2) is 50.5 Å². The largest absolute Gasteiger partial charge is 0.354 e. The predicted molar refractivity (Wildman–Crippen MR) is 123 cm³/mol. The number of hydrogen-bond acceptors (Lipinski definition) is 4. The topological polar surface area (TPSA) is 86.8 Å². The normalized spacial score (nSPS) is 12.2. The first kappa shape index (κ1) is 26.5. The summed E-state index contributed by atoms with van der Waals surface area (Å²) in [4.78, 5) is 27.1. The molecule has 0 saturated carbocycles. The standard InChI is InChI=1S/C22H26ClF2N3O4S/c1-4-11-26-22(30)15(2)27(13-16-7-5-6-8-18(16)23)21(29)14-28(33(3,31)32)17-9-10-19(24)20(25)12-17/h5-10,12,15H,4,11,13-14H2,1-3H3,(H,26,30)/t15-/m0/s1. The van der Waals surface area contributed by atoms with Crippen molar-refractivity contribution in [2.24, 2.45) is 0 Å². The summed E-state index contributed by atoms with van der Waals surface area (Å²) in [6.07, 6.45) is 1.53. The van der Waals surface area contributed by atoms with Gasteiger partial charge in [0.25, 0.3) is 0 Å². The van der Waals surface area contributed by atoms with E-state index < -0.39 is 46.1 Å². The number of amides is 2. The van der Waals surface area contributed by atoms with Gasteiger partial charge in [0.2, 0.25) is 21.8 Å². The summed E-state index contributed by atoms with van der Waals surface area (Å²) >= 11 is 6.23. The minimum atomic E-state index is -4.05. The van der Waals surface area contributed by atoms with E-state index in [0.29, 0.717) is 33.9 Å². The zero-order valence-corrected chi connectivity index (χ0v) is 20.1. The number of nitrogens with zero attached hydrogens (tertiary/aromatic N) is 2. The molecule has 0 aliphatic heterocycles. The third kappa shape index (κ3) is 7.13. The molecular formula is C22H26ClF2N3O4S. The van der Waals surface area contributed by atoms with Gasteiger partial charge in [0.15, 0.2) is 11.6 Å². The summed E-state index contributed by atoms with van der Waals surface area (Å²) in [6, 6.07) is 8.32. The Balaban J connectivity index is 2.40. The smallest absolute Gasteiger partial charge is 0.244 e. The van der Waals surface area contributed by atoms with Gasteiger partial charge < -0.3 is 10.2 Å².